The van der Waals surface area contributed by atoms with Gasteiger partial charge in [0.2, 0.25) is 0 Å². The molecule has 0 atom stereocenters. The van der Waals surface area contributed by atoms with Crippen molar-refractivity contribution in [3.63, 3.8) is 0 Å². The van der Waals surface area contributed by atoms with E-state index in [1.807, 2.05) is 49.5 Å². The first kappa shape index (κ1) is 13.2. The molecular weight excluding hydrogens is 260 g/mol. The average Bonchev–Trinajstić information content (AvgIpc) is 2.56. The molecule has 1 N–H and O–H groups in total. The van der Waals surface area contributed by atoms with Gasteiger partial charge in [0.1, 0.15) is 17.3 Å². The van der Waals surface area contributed by atoms with Gasteiger partial charge in [-0.05, 0) is 29.3 Å². The predicted molar refractivity (Wildman–Crippen MR) is 85.7 cm³/mol. The molecular formula is C18H16N2O. The molecule has 0 aliphatic heterocycles. The average molecular weight is 276 g/mol. The fraction of sp³-hybridized carbons (Fsp3) is 0.0556. The molecule has 0 unspecified atom stereocenters. The van der Waals surface area contributed by atoms with E-state index < -0.39 is 0 Å². The molecule has 0 amide bonds. The summed E-state index contributed by atoms with van der Waals surface area (Å²) in [5.74, 6) is 2.36. The smallest absolute Gasteiger partial charge is 0.132 e. The molecule has 3 rings (SSSR count). The summed E-state index contributed by atoms with van der Waals surface area (Å²) < 4.78 is 5.83. The molecule has 0 bridgehead atoms. The Kier molecular flexibility index (Phi) is 3.83. The molecule has 104 valence electrons. The van der Waals surface area contributed by atoms with Gasteiger partial charge in [-0.3, -0.25) is 0 Å². The van der Waals surface area contributed by atoms with Crippen molar-refractivity contribution in [2.24, 2.45) is 0 Å². The zero-order valence-corrected chi connectivity index (χ0v) is 11.8. The van der Waals surface area contributed by atoms with Crippen LogP contribution in [0.4, 0.5) is 5.82 Å². The third kappa shape index (κ3) is 3.20. The SMILES string of the molecule is CNc1cc(Oc2ccc(-c3ccccc3)cc2)ccn1. The van der Waals surface area contributed by atoms with Gasteiger partial charge in [0.05, 0.1) is 0 Å². The molecule has 0 aliphatic rings. The van der Waals surface area contributed by atoms with Crippen LogP contribution < -0.4 is 10.1 Å². The lowest BCUT2D eigenvalue weighted by Gasteiger charge is -2.08. The zero-order valence-electron chi connectivity index (χ0n) is 11.8. The molecule has 0 aliphatic carbocycles. The number of pyridine rings is 1. The van der Waals surface area contributed by atoms with Crippen molar-refractivity contribution in [3.05, 3.63) is 72.9 Å². The van der Waals surface area contributed by atoms with Gasteiger partial charge in [-0.1, -0.05) is 42.5 Å². The van der Waals surface area contributed by atoms with Crippen molar-refractivity contribution in [3.8, 4) is 22.6 Å². The summed E-state index contributed by atoms with van der Waals surface area (Å²) in [4.78, 5) is 4.16. The van der Waals surface area contributed by atoms with E-state index in [1.165, 1.54) is 11.1 Å². The molecule has 0 radical (unpaired) electrons. The number of nitrogens with one attached hydrogen (secondary N) is 1. The summed E-state index contributed by atoms with van der Waals surface area (Å²) in [6, 6.07) is 22.1. The number of benzene rings is 2. The van der Waals surface area contributed by atoms with Gasteiger partial charge >= 0.3 is 0 Å². The second-order valence-electron chi connectivity index (χ2n) is 4.62. The highest BCUT2D eigenvalue weighted by Gasteiger charge is 2.01. The third-order valence-corrected chi connectivity index (χ3v) is 3.18. The molecule has 1 aromatic heterocycles. The van der Waals surface area contributed by atoms with Gasteiger partial charge < -0.3 is 10.1 Å². The van der Waals surface area contributed by atoms with E-state index >= 15 is 0 Å². The number of anilines is 1. The van der Waals surface area contributed by atoms with E-state index in [2.05, 4.69) is 34.6 Å². The fourth-order valence-corrected chi connectivity index (χ4v) is 2.09. The normalized spacial score (nSPS) is 10.1. The first-order chi connectivity index (χ1) is 10.3. The second kappa shape index (κ2) is 6.09. The Bertz CT molecular complexity index is 709. The Balaban J connectivity index is 1.78. The number of hydrogen-bond acceptors (Lipinski definition) is 3. The largest absolute Gasteiger partial charge is 0.457 e. The molecule has 3 nitrogen and oxygen atoms in total. The Morgan fingerprint density at radius 2 is 1.52 bits per heavy atom. The maximum Gasteiger partial charge on any atom is 0.132 e. The third-order valence-electron chi connectivity index (χ3n) is 3.18. The van der Waals surface area contributed by atoms with Crippen LogP contribution in [-0.2, 0) is 0 Å². The van der Waals surface area contributed by atoms with Crippen LogP contribution in [0.3, 0.4) is 0 Å². The summed E-state index contributed by atoms with van der Waals surface area (Å²) >= 11 is 0. The van der Waals surface area contributed by atoms with E-state index in [1.54, 1.807) is 6.20 Å². The predicted octanol–water partition coefficient (Wildman–Crippen LogP) is 4.58. The van der Waals surface area contributed by atoms with E-state index in [9.17, 15) is 0 Å². The number of nitrogens with zero attached hydrogens (tertiary/aromatic N) is 1. The molecule has 2 aromatic carbocycles. The second-order valence-corrected chi connectivity index (χ2v) is 4.62. The minimum absolute atomic E-state index is 0.766. The van der Waals surface area contributed by atoms with Crippen molar-refractivity contribution < 1.29 is 4.74 Å². The van der Waals surface area contributed by atoms with E-state index in [-0.39, 0.29) is 0 Å². The van der Waals surface area contributed by atoms with Crippen LogP contribution in [0.25, 0.3) is 11.1 Å². The highest BCUT2D eigenvalue weighted by molar-refractivity contribution is 5.64. The summed E-state index contributed by atoms with van der Waals surface area (Å²) in [6.45, 7) is 0. The van der Waals surface area contributed by atoms with Crippen LogP contribution in [-0.4, -0.2) is 12.0 Å². The number of rotatable bonds is 4. The zero-order chi connectivity index (χ0) is 14.5. The highest BCUT2D eigenvalue weighted by Crippen LogP contribution is 2.26. The maximum absolute atomic E-state index is 5.83. The fourth-order valence-electron chi connectivity index (χ4n) is 2.09. The Morgan fingerprint density at radius 3 is 2.24 bits per heavy atom. The summed E-state index contributed by atoms with van der Waals surface area (Å²) in [6.07, 6.45) is 1.72. The van der Waals surface area contributed by atoms with E-state index in [0.717, 1.165) is 17.3 Å². The summed E-state index contributed by atoms with van der Waals surface area (Å²) in [5.41, 5.74) is 2.37. The molecule has 0 fully saturated rings. The molecule has 3 heteroatoms. The summed E-state index contributed by atoms with van der Waals surface area (Å²) in [7, 11) is 1.83. The van der Waals surface area contributed by atoms with Crippen molar-refractivity contribution >= 4 is 5.82 Å². The van der Waals surface area contributed by atoms with Crippen molar-refractivity contribution in [1.29, 1.82) is 0 Å². The molecule has 3 aromatic rings. The molecule has 1 heterocycles. The van der Waals surface area contributed by atoms with Crippen LogP contribution in [0, 0.1) is 0 Å². The lowest BCUT2D eigenvalue weighted by Crippen LogP contribution is -1.92. The van der Waals surface area contributed by atoms with E-state index in [4.69, 9.17) is 4.74 Å². The molecule has 21 heavy (non-hydrogen) atoms. The van der Waals surface area contributed by atoms with Crippen LogP contribution in [0.2, 0.25) is 0 Å². The number of hydrogen-bond donors (Lipinski definition) is 1. The van der Waals surface area contributed by atoms with Gasteiger partial charge in [0.15, 0.2) is 0 Å². The highest BCUT2D eigenvalue weighted by atomic mass is 16.5. The van der Waals surface area contributed by atoms with Gasteiger partial charge in [0.25, 0.3) is 0 Å². The Labute approximate surface area is 124 Å². The van der Waals surface area contributed by atoms with Crippen LogP contribution in [0.1, 0.15) is 0 Å². The quantitative estimate of drug-likeness (QED) is 0.757. The monoisotopic (exact) mass is 276 g/mol. The van der Waals surface area contributed by atoms with Crippen molar-refractivity contribution in [2.45, 2.75) is 0 Å². The lowest BCUT2D eigenvalue weighted by atomic mass is 10.1. The number of ether oxygens (including phenoxy) is 1. The van der Waals surface area contributed by atoms with Gasteiger partial charge in [0, 0.05) is 19.3 Å². The lowest BCUT2D eigenvalue weighted by molar-refractivity contribution is 0.482. The molecule has 0 spiro atoms. The first-order valence-corrected chi connectivity index (χ1v) is 6.82. The first-order valence-electron chi connectivity index (χ1n) is 6.82. The van der Waals surface area contributed by atoms with Crippen LogP contribution >= 0.6 is 0 Å². The Hall–Kier alpha value is -2.81. The number of aromatic nitrogens is 1. The van der Waals surface area contributed by atoms with Gasteiger partial charge in [-0.2, -0.15) is 0 Å². The molecule has 0 saturated carbocycles. The standard InChI is InChI=1S/C18H16N2O/c1-19-18-13-17(11-12-20-18)21-16-9-7-15(8-10-16)14-5-3-2-4-6-14/h2-13H,1H3,(H,19,20). The molecule has 0 saturated heterocycles. The topological polar surface area (TPSA) is 34.1 Å². The van der Waals surface area contributed by atoms with Crippen LogP contribution in [0.15, 0.2) is 72.9 Å². The summed E-state index contributed by atoms with van der Waals surface area (Å²) in [5, 5.41) is 2.99. The van der Waals surface area contributed by atoms with E-state index in [0.29, 0.717) is 0 Å². The maximum atomic E-state index is 5.83. The van der Waals surface area contributed by atoms with Gasteiger partial charge in [-0.25, -0.2) is 4.98 Å². The Morgan fingerprint density at radius 1 is 0.810 bits per heavy atom. The van der Waals surface area contributed by atoms with Crippen molar-refractivity contribution in [1.82, 2.24) is 4.98 Å². The minimum atomic E-state index is 0.766. The van der Waals surface area contributed by atoms with Crippen LogP contribution in [0.5, 0.6) is 11.5 Å². The minimum Gasteiger partial charge on any atom is -0.457 e. The van der Waals surface area contributed by atoms with Crippen molar-refractivity contribution in [2.75, 3.05) is 12.4 Å². The van der Waals surface area contributed by atoms with Gasteiger partial charge in [-0.15, -0.1) is 0 Å².